The van der Waals surface area contributed by atoms with Gasteiger partial charge in [-0.3, -0.25) is 9.59 Å². The van der Waals surface area contributed by atoms with Gasteiger partial charge in [0.25, 0.3) is 0 Å². The Hall–Kier alpha value is -1.07. The van der Waals surface area contributed by atoms with Gasteiger partial charge < -0.3 is 18.3 Å². The van der Waals surface area contributed by atoms with Crippen molar-refractivity contribution in [2.75, 3.05) is 13.2 Å². The van der Waals surface area contributed by atoms with E-state index >= 15 is 0 Å². The van der Waals surface area contributed by atoms with Crippen LogP contribution in [0.4, 0.5) is 0 Å². The highest BCUT2D eigenvalue weighted by Crippen LogP contribution is 2.46. The van der Waals surface area contributed by atoms with Crippen LogP contribution < -0.4 is 0 Å². The highest BCUT2D eigenvalue weighted by molar-refractivity contribution is 6.74. The third-order valence-electron chi connectivity index (χ3n) is 8.18. The molecule has 6 nitrogen and oxygen atoms in total. The Bertz CT molecular complexity index is 846. The molecule has 8 heteroatoms. The minimum atomic E-state index is -2.10. The molecule has 0 amide bonds. The zero-order valence-electron chi connectivity index (χ0n) is 21.3. The Morgan fingerprint density at radius 1 is 0.938 bits per heavy atom. The number of carbonyl (C=O) groups excluding carboxylic acids is 2. The molecule has 0 aromatic rings. The molecule has 0 radical (unpaired) electrons. The van der Waals surface area contributed by atoms with Crippen molar-refractivity contribution in [2.45, 2.75) is 96.1 Å². The fraction of sp³-hybridized carbons (Fsp3) is 0.750. The van der Waals surface area contributed by atoms with Crippen LogP contribution in [0.25, 0.3) is 0 Å². The third kappa shape index (κ3) is 4.24. The Kier molecular flexibility index (Phi) is 6.40. The minimum Gasteiger partial charge on any atom is -0.487 e. The summed E-state index contributed by atoms with van der Waals surface area (Å²) in [7, 11) is -4.14. The molecular formula is C24H40O6Si2. The molecular weight excluding hydrogens is 440 g/mol. The molecule has 3 rings (SSSR count). The first kappa shape index (κ1) is 25.6. The van der Waals surface area contributed by atoms with Crippen LogP contribution in [-0.4, -0.2) is 59.7 Å². The maximum Gasteiger partial charge on any atom is 0.193 e. The second-order valence-corrected chi connectivity index (χ2v) is 22.0. The fourth-order valence-electron chi connectivity index (χ4n) is 3.60. The number of Topliss-reactive ketones (excluding diaryl/α,β-unsaturated/α-hetero) is 2. The molecule has 0 saturated carbocycles. The van der Waals surface area contributed by atoms with Gasteiger partial charge in [-0.05, 0) is 48.4 Å². The van der Waals surface area contributed by atoms with E-state index in [0.717, 1.165) is 0 Å². The lowest BCUT2D eigenvalue weighted by molar-refractivity contribution is -0.190. The van der Waals surface area contributed by atoms with Crippen molar-refractivity contribution in [2.24, 2.45) is 5.41 Å². The molecule has 32 heavy (non-hydrogen) atoms. The van der Waals surface area contributed by atoms with Gasteiger partial charge in [0.15, 0.2) is 40.4 Å². The van der Waals surface area contributed by atoms with Crippen molar-refractivity contribution >= 4 is 28.2 Å². The van der Waals surface area contributed by atoms with Gasteiger partial charge in [-0.1, -0.05) is 41.5 Å². The number of ketones is 2. The van der Waals surface area contributed by atoms with Gasteiger partial charge >= 0.3 is 0 Å². The third-order valence-corrected chi connectivity index (χ3v) is 17.1. The van der Waals surface area contributed by atoms with Gasteiger partial charge in [0.2, 0.25) is 0 Å². The first-order valence-electron chi connectivity index (χ1n) is 11.5. The summed E-state index contributed by atoms with van der Waals surface area (Å²) in [4.78, 5) is 26.6. The second-order valence-electron chi connectivity index (χ2n) is 12.4. The molecule has 0 aromatic carbocycles. The zero-order valence-corrected chi connectivity index (χ0v) is 23.3. The van der Waals surface area contributed by atoms with E-state index in [4.69, 9.17) is 18.3 Å². The summed E-state index contributed by atoms with van der Waals surface area (Å²) in [5.74, 6) is -0.346. The average Bonchev–Trinajstić information content (AvgIpc) is 2.64. The SMILES string of the molecule is CC(C)(C)[Si](C)(C)OCC1=C[C@@H]2O[C@@H](C1=O)[C@@H]1OC=C[C@@]2(CO[Si](C)(C)C(C)(C)C)C1=O. The van der Waals surface area contributed by atoms with E-state index in [1.165, 1.54) is 0 Å². The topological polar surface area (TPSA) is 71.1 Å². The van der Waals surface area contributed by atoms with Crippen LogP contribution >= 0.6 is 0 Å². The summed E-state index contributed by atoms with van der Waals surface area (Å²) in [6.07, 6.45) is 2.66. The highest BCUT2D eigenvalue weighted by atomic mass is 28.4. The molecule has 180 valence electrons. The van der Waals surface area contributed by atoms with Gasteiger partial charge in [0.1, 0.15) is 5.41 Å². The van der Waals surface area contributed by atoms with Crippen molar-refractivity contribution in [3.8, 4) is 0 Å². The molecule has 4 bridgehead atoms. The predicted octanol–water partition coefficient (Wildman–Crippen LogP) is 4.77. The summed E-state index contributed by atoms with van der Waals surface area (Å²) >= 11 is 0. The quantitative estimate of drug-likeness (QED) is 0.510. The molecule has 3 heterocycles. The van der Waals surface area contributed by atoms with Crippen LogP contribution in [-0.2, 0) is 27.9 Å². The lowest BCUT2D eigenvalue weighted by Crippen LogP contribution is -2.66. The molecule has 3 aliphatic rings. The van der Waals surface area contributed by atoms with E-state index in [1.807, 2.05) is 0 Å². The van der Waals surface area contributed by atoms with Crippen LogP contribution in [0, 0.1) is 5.41 Å². The number of hydrogen-bond acceptors (Lipinski definition) is 6. The lowest BCUT2D eigenvalue weighted by Gasteiger charge is -2.50. The molecule has 0 aromatic heterocycles. The van der Waals surface area contributed by atoms with Crippen molar-refractivity contribution in [1.82, 2.24) is 0 Å². The zero-order chi connectivity index (χ0) is 24.3. The number of ether oxygens (including phenoxy) is 2. The Balaban J connectivity index is 1.91. The largest absolute Gasteiger partial charge is 0.487 e. The molecule has 0 N–H and O–H groups in total. The van der Waals surface area contributed by atoms with Crippen LogP contribution in [0.15, 0.2) is 24.0 Å². The van der Waals surface area contributed by atoms with Crippen LogP contribution in [0.2, 0.25) is 36.3 Å². The Labute approximate surface area is 195 Å². The Morgan fingerprint density at radius 3 is 2.06 bits per heavy atom. The van der Waals surface area contributed by atoms with Crippen molar-refractivity contribution < 1.29 is 27.9 Å². The van der Waals surface area contributed by atoms with Crippen LogP contribution in [0.3, 0.4) is 0 Å². The normalized spacial score (nSPS) is 30.8. The number of fused-ring (bicyclic) bond motifs is 6. The van der Waals surface area contributed by atoms with Gasteiger partial charge in [0, 0.05) is 5.57 Å². The summed E-state index contributed by atoms with van der Waals surface area (Å²) in [5, 5.41) is 0.0494. The predicted molar refractivity (Wildman–Crippen MR) is 130 cm³/mol. The van der Waals surface area contributed by atoms with E-state index in [9.17, 15) is 9.59 Å². The molecule has 3 aliphatic heterocycles. The van der Waals surface area contributed by atoms with Gasteiger partial charge in [-0.15, -0.1) is 0 Å². The molecule has 4 atom stereocenters. The summed E-state index contributed by atoms with van der Waals surface area (Å²) in [5.41, 5.74) is -0.415. The van der Waals surface area contributed by atoms with E-state index in [2.05, 4.69) is 67.7 Å². The molecule has 1 saturated heterocycles. The van der Waals surface area contributed by atoms with E-state index in [0.29, 0.717) is 5.57 Å². The molecule has 0 aliphatic carbocycles. The van der Waals surface area contributed by atoms with Crippen molar-refractivity contribution in [3.05, 3.63) is 24.0 Å². The van der Waals surface area contributed by atoms with Crippen LogP contribution in [0.1, 0.15) is 41.5 Å². The summed E-state index contributed by atoms with van der Waals surface area (Å²) in [6, 6.07) is 0. The first-order chi connectivity index (χ1) is 14.4. The van der Waals surface area contributed by atoms with Gasteiger partial charge in [0.05, 0.1) is 25.6 Å². The molecule has 0 unspecified atom stereocenters. The fourth-order valence-corrected chi connectivity index (χ4v) is 5.58. The van der Waals surface area contributed by atoms with E-state index < -0.39 is 40.4 Å². The van der Waals surface area contributed by atoms with Crippen LogP contribution in [0.5, 0.6) is 0 Å². The maximum absolute atomic E-state index is 13.5. The van der Waals surface area contributed by atoms with E-state index in [-0.39, 0.29) is 34.9 Å². The lowest BCUT2D eigenvalue weighted by atomic mass is 9.69. The number of hydrogen-bond donors (Lipinski definition) is 0. The van der Waals surface area contributed by atoms with Crippen molar-refractivity contribution in [1.29, 1.82) is 0 Å². The Morgan fingerprint density at radius 2 is 1.50 bits per heavy atom. The smallest absolute Gasteiger partial charge is 0.193 e. The average molecular weight is 481 g/mol. The van der Waals surface area contributed by atoms with Gasteiger partial charge in [-0.25, -0.2) is 0 Å². The monoisotopic (exact) mass is 480 g/mol. The highest BCUT2D eigenvalue weighted by Gasteiger charge is 2.61. The summed E-state index contributed by atoms with van der Waals surface area (Å²) < 4.78 is 24.6. The number of carbonyl (C=O) groups is 2. The number of rotatable bonds is 6. The minimum absolute atomic E-state index is 0.0135. The van der Waals surface area contributed by atoms with E-state index in [1.54, 1.807) is 18.4 Å². The maximum atomic E-state index is 13.5. The second kappa shape index (κ2) is 8.01. The standard InChI is InChI=1S/C24H40O6Si2/c1-22(2,3)31(7,8)28-14-16-13-17-24(15-29-32(9,10)23(4,5)6)11-12-27-20(21(24)26)19(30-17)18(16)25/h11-13,17,19-20H,14-15H2,1-10H3/t17-,19-,20-,24-/m0/s1. The molecule has 0 spiro atoms. The first-order valence-corrected chi connectivity index (χ1v) is 17.3. The van der Waals surface area contributed by atoms with Gasteiger partial charge in [-0.2, -0.15) is 0 Å². The van der Waals surface area contributed by atoms with Crippen molar-refractivity contribution in [3.63, 3.8) is 0 Å². The molecule has 1 fully saturated rings. The summed E-state index contributed by atoms with van der Waals surface area (Å²) in [6.45, 7) is 22.1.